The summed E-state index contributed by atoms with van der Waals surface area (Å²) < 4.78 is 46.3. The van der Waals surface area contributed by atoms with Crippen LogP contribution in [0, 0.1) is 23.1 Å². The molecule has 47 heavy (non-hydrogen) atoms. The Morgan fingerprint density at radius 2 is 1.89 bits per heavy atom. The Morgan fingerprint density at radius 3 is 2.49 bits per heavy atom. The van der Waals surface area contributed by atoms with Crippen LogP contribution in [-0.4, -0.2) is 67.1 Å². The second-order valence-electron chi connectivity index (χ2n) is 12.3. The van der Waals surface area contributed by atoms with Gasteiger partial charge in [0, 0.05) is 38.3 Å². The molecule has 3 aromatic rings. The van der Waals surface area contributed by atoms with E-state index in [-0.39, 0.29) is 58.9 Å². The number of ether oxygens (including phenoxy) is 1. The smallest absolute Gasteiger partial charge is 0.410 e. The van der Waals surface area contributed by atoms with E-state index in [0.717, 1.165) is 25.3 Å². The number of hydrogen-bond donors (Lipinski definition) is 3. The fraction of sp³-hybridized carbons (Fsp3) is 0.419. The Morgan fingerprint density at radius 1 is 1.19 bits per heavy atom. The van der Waals surface area contributed by atoms with E-state index in [9.17, 15) is 43.5 Å². The predicted octanol–water partition coefficient (Wildman–Crippen LogP) is 4.43. The Labute approximate surface area is 269 Å². The predicted molar refractivity (Wildman–Crippen MR) is 168 cm³/mol. The number of halogens is 1. The molecular weight excluding hydrogens is 653 g/mol. The first-order valence-electron chi connectivity index (χ1n) is 15.1. The quantitative estimate of drug-likeness (QED) is 0.225. The van der Waals surface area contributed by atoms with Crippen LogP contribution >= 0.6 is 15.6 Å². The molecule has 0 radical (unpaired) electrons. The third-order valence-corrected chi connectivity index (χ3v) is 12.3. The van der Waals surface area contributed by atoms with Crippen LogP contribution in [0.5, 0.6) is 5.75 Å². The molecule has 13 nitrogen and oxygen atoms in total. The molecule has 1 amide bonds. The summed E-state index contributed by atoms with van der Waals surface area (Å²) in [5.74, 6) is -1.08. The highest BCUT2D eigenvalue weighted by Gasteiger charge is 2.46. The van der Waals surface area contributed by atoms with Crippen LogP contribution in [0.15, 0.2) is 41.3 Å². The van der Waals surface area contributed by atoms with E-state index < -0.39 is 44.1 Å². The van der Waals surface area contributed by atoms with Gasteiger partial charge in [-0.05, 0) is 66.9 Å². The Kier molecular flexibility index (Phi) is 8.81. The summed E-state index contributed by atoms with van der Waals surface area (Å²) in [6.45, 7) is 2.26. The van der Waals surface area contributed by atoms with Gasteiger partial charge in [-0.3, -0.25) is 14.2 Å². The van der Waals surface area contributed by atoms with Crippen molar-refractivity contribution in [3.05, 3.63) is 69.3 Å². The van der Waals surface area contributed by atoms with Gasteiger partial charge in [-0.25, -0.2) is 9.18 Å². The standard InChI is InChI=1S/C31H31FN4O9P2/c1-17(37)24-15-36(20-6-7-20)28-22(30(24)38)12-25(32)29(23(28)13-33)34-14-19-3-2-10-35(26(19)16-34)31(39)45-21-8-4-18(5-9-21)11-27(46(40)41)47(42,43)44/h4-5,8-9,12,15,19-20,26-27H,2-3,6-7,10-11,14,16H2,1H3,(H2-,40,41,42,43,44)/p+1/t19-,26+,27?/m0/s1. The zero-order chi connectivity index (χ0) is 33.8. The number of hydrogen-bond acceptors (Lipinski definition) is 8. The molecule has 1 aliphatic carbocycles. The lowest BCUT2D eigenvalue weighted by molar-refractivity contribution is 0.101. The van der Waals surface area contributed by atoms with Crippen molar-refractivity contribution in [3.63, 3.8) is 0 Å². The van der Waals surface area contributed by atoms with E-state index in [1.165, 1.54) is 37.4 Å². The van der Waals surface area contributed by atoms with Gasteiger partial charge in [0.25, 0.3) is 5.40 Å². The zero-order valence-electron chi connectivity index (χ0n) is 25.3. The number of anilines is 1. The molecule has 16 heteroatoms. The molecule has 2 aromatic carbocycles. The molecular formula is C31H32FN4O9P2+. The summed E-state index contributed by atoms with van der Waals surface area (Å²) in [6, 6.07) is 8.64. The first-order chi connectivity index (χ1) is 22.3. The number of carbonyl (C=O) groups excluding carboxylic acids is 2. The molecule has 4 atom stereocenters. The number of amides is 1. The summed E-state index contributed by atoms with van der Waals surface area (Å²) in [6.07, 6.45) is 3.54. The molecule has 3 aliphatic rings. The van der Waals surface area contributed by atoms with E-state index in [2.05, 4.69) is 6.07 Å². The average molecular weight is 686 g/mol. The number of nitrogens with zero attached hydrogens (tertiary/aromatic N) is 4. The van der Waals surface area contributed by atoms with Crippen molar-refractivity contribution in [2.45, 2.75) is 56.5 Å². The molecule has 246 valence electrons. The van der Waals surface area contributed by atoms with Gasteiger partial charge in [0.1, 0.15) is 23.2 Å². The minimum atomic E-state index is -4.82. The van der Waals surface area contributed by atoms with Crippen LogP contribution in [0.3, 0.4) is 0 Å². The largest absolute Gasteiger partial charge is 0.522 e. The van der Waals surface area contributed by atoms with Crippen molar-refractivity contribution in [3.8, 4) is 11.8 Å². The number of piperidine rings is 1. The van der Waals surface area contributed by atoms with Crippen LogP contribution in [0.1, 0.15) is 60.1 Å². The van der Waals surface area contributed by atoms with Gasteiger partial charge in [0.2, 0.25) is 0 Å². The molecule has 0 spiro atoms. The summed E-state index contributed by atoms with van der Waals surface area (Å²) in [4.78, 5) is 70.2. The van der Waals surface area contributed by atoms with Crippen LogP contribution in [0.2, 0.25) is 0 Å². The Hall–Kier alpha value is -3.98. The van der Waals surface area contributed by atoms with Gasteiger partial charge >= 0.3 is 21.7 Å². The number of benzene rings is 2. The number of aromatic nitrogens is 1. The second kappa shape index (κ2) is 12.6. The highest BCUT2D eigenvalue weighted by atomic mass is 31.2. The number of carbonyl (C=O) groups is 2. The third kappa shape index (κ3) is 6.34. The molecule has 3 N–H and O–H groups in total. The molecule has 2 saturated heterocycles. The minimum absolute atomic E-state index is 0.00579. The molecule has 0 bridgehead atoms. The van der Waals surface area contributed by atoms with Crippen LogP contribution < -0.4 is 15.1 Å². The van der Waals surface area contributed by atoms with E-state index in [1.807, 2.05) is 0 Å². The van der Waals surface area contributed by atoms with Crippen molar-refractivity contribution >= 4 is 44.1 Å². The van der Waals surface area contributed by atoms with Gasteiger partial charge in [-0.2, -0.15) is 10.2 Å². The summed E-state index contributed by atoms with van der Waals surface area (Å²) >= 11 is 0. The first-order valence-corrected chi connectivity index (χ1v) is 18.1. The third-order valence-electron chi connectivity index (χ3n) is 9.19. The lowest BCUT2D eigenvalue weighted by Crippen LogP contribution is -2.49. The SMILES string of the molecule is CC(=O)c1cn(C2CC2)c2c(C#N)c(N3C[C@@H]4CCCN(C(=O)Oc5ccc(CC([P+](=O)O)P(=O)(O)O)cc5)[C@@H]4C3)c(F)cc2c1=O. The monoisotopic (exact) mass is 685 g/mol. The second-order valence-corrected chi connectivity index (χ2v) is 15.8. The lowest BCUT2D eigenvalue weighted by atomic mass is 9.92. The number of likely N-dealkylation sites (tertiary alicyclic amines) is 1. The highest BCUT2D eigenvalue weighted by Crippen LogP contribution is 2.53. The van der Waals surface area contributed by atoms with E-state index in [0.29, 0.717) is 30.6 Å². The van der Waals surface area contributed by atoms with Gasteiger partial charge in [0.15, 0.2) is 11.2 Å². The number of Topliss-reactive ketones (excluding diaryl/α,β-unsaturated/α-hetero) is 1. The molecule has 3 fully saturated rings. The first kappa shape index (κ1) is 32.9. The van der Waals surface area contributed by atoms with Crippen molar-refractivity contribution in [1.29, 1.82) is 5.26 Å². The van der Waals surface area contributed by atoms with Crippen molar-refractivity contribution < 1.29 is 42.5 Å². The molecule has 2 aliphatic heterocycles. The molecule has 1 saturated carbocycles. The normalized spacial score (nSPS) is 20.5. The van der Waals surface area contributed by atoms with Gasteiger partial charge in [-0.15, -0.1) is 0 Å². The number of pyridine rings is 1. The van der Waals surface area contributed by atoms with E-state index in [1.54, 1.807) is 14.4 Å². The molecule has 6 rings (SSSR count). The van der Waals surface area contributed by atoms with Gasteiger partial charge in [0.05, 0.1) is 28.2 Å². The van der Waals surface area contributed by atoms with Crippen molar-refractivity contribution in [1.82, 2.24) is 9.47 Å². The van der Waals surface area contributed by atoms with Crippen molar-refractivity contribution in [2.75, 3.05) is 24.5 Å². The maximum Gasteiger partial charge on any atom is 0.522 e. The number of nitriles is 1. The zero-order valence-corrected chi connectivity index (χ0v) is 27.1. The van der Waals surface area contributed by atoms with Crippen LogP contribution in [0.4, 0.5) is 14.9 Å². The van der Waals surface area contributed by atoms with E-state index in [4.69, 9.17) is 4.74 Å². The topological polar surface area (TPSA) is 190 Å². The highest BCUT2D eigenvalue weighted by molar-refractivity contribution is 7.65. The minimum Gasteiger partial charge on any atom is -0.410 e. The molecule has 3 heterocycles. The van der Waals surface area contributed by atoms with Crippen LogP contribution in [0.25, 0.3) is 10.9 Å². The number of ketones is 1. The summed E-state index contributed by atoms with van der Waals surface area (Å²) in [7, 11) is -7.95. The summed E-state index contributed by atoms with van der Waals surface area (Å²) in [5.41, 5.74) is 0.0709. The number of rotatable bonds is 8. The molecule has 2 unspecified atom stereocenters. The van der Waals surface area contributed by atoms with Crippen molar-refractivity contribution in [2.24, 2.45) is 5.92 Å². The molecule has 1 aromatic heterocycles. The van der Waals surface area contributed by atoms with Gasteiger partial charge in [-0.1, -0.05) is 12.1 Å². The van der Waals surface area contributed by atoms with Gasteiger partial charge < -0.3 is 28.9 Å². The summed E-state index contributed by atoms with van der Waals surface area (Å²) in [5, 5.41) is 8.55. The maximum absolute atomic E-state index is 15.9. The lowest BCUT2D eigenvalue weighted by Gasteiger charge is -2.35. The van der Waals surface area contributed by atoms with E-state index >= 15 is 4.39 Å². The fourth-order valence-electron chi connectivity index (χ4n) is 6.76. The Bertz CT molecular complexity index is 1950. The Balaban J connectivity index is 1.25. The fourth-order valence-corrected chi connectivity index (χ4v) is 8.61. The average Bonchev–Trinajstić information content (AvgIpc) is 3.77. The van der Waals surface area contributed by atoms with Crippen LogP contribution in [-0.2, 0) is 15.6 Å². The maximum atomic E-state index is 15.9. The number of fused-ring (bicyclic) bond motifs is 2.